The highest BCUT2D eigenvalue weighted by atomic mass is 32.1. The average Bonchev–Trinajstić information content (AvgIpc) is 2.88. The highest BCUT2D eigenvalue weighted by Gasteiger charge is 2.42. The first-order valence-electron chi connectivity index (χ1n) is 7.32. The van der Waals surface area contributed by atoms with E-state index in [-0.39, 0.29) is 5.92 Å². The molecule has 0 saturated heterocycles. The predicted octanol–water partition coefficient (Wildman–Crippen LogP) is 3.50. The van der Waals surface area contributed by atoms with E-state index in [2.05, 4.69) is 21.6 Å². The second-order valence-corrected chi connectivity index (χ2v) is 6.73. The van der Waals surface area contributed by atoms with Crippen LogP contribution in [0.2, 0.25) is 0 Å². The average molecular weight is 297 g/mol. The molecule has 5 nitrogen and oxygen atoms in total. The summed E-state index contributed by atoms with van der Waals surface area (Å²) in [6.45, 7) is 6.24. The fourth-order valence-corrected chi connectivity index (χ4v) is 3.50. The number of nitrogens with one attached hydrogen (secondary N) is 1. The number of aliphatic carboxylic acids is 1. The molecule has 0 unspecified atom stereocenters. The van der Waals surface area contributed by atoms with Crippen molar-refractivity contribution in [1.29, 1.82) is 0 Å². The first-order chi connectivity index (χ1) is 9.47. The van der Waals surface area contributed by atoms with Crippen LogP contribution in [0.25, 0.3) is 0 Å². The van der Waals surface area contributed by atoms with Crippen molar-refractivity contribution in [3.8, 4) is 0 Å². The molecule has 1 aliphatic rings. The van der Waals surface area contributed by atoms with Crippen LogP contribution in [0.1, 0.15) is 64.6 Å². The monoisotopic (exact) mass is 297 g/mol. The lowest BCUT2D eigenvalue weighted by Gasteiger charge is -2.37. The third kappa shape index (κ3) is 3.11. The van der Waals surface area contributed by atoms with Gasteiger partial charge in [0.2, 0.25) is 5.13 Å². The fraction of sp³-hybridized carbons (Fsp3) is 0.786. The molecule has 0 bridgehead atoms. The Bertz CT molecular complexity index is 465. The zero-order valence-electron chi connectivity index (χ0n) is 12.3. The molecule has 6 heteroatoms. The molecule has 1 aromatic heterocycles. The first-order valence-corrected chi connectivity index (χ1v) is 8.09. The molecule has 1 heterocycles. The number of aromatic nitrogens is 2. The predicted molar refractivity (Wildman–Crippen MR) is 80.2 cm³/mol. The smallest absolute Gasteiger partial charge is 0.329 e. The normalized spacial score (nSPS) is 26.7. The Morgan fingerprint density at radius 2 is 2.15 bits per heavy atom. The molecule has 1 fully saturated rings. The maximum atomic E-state index is 11.7. The molecule has 1 aliphatic carbocycles. The molecule has 112 valence electrons. The third-order valence-corrected chi connectivity index (χ3v) is 4.89. The second kappa shape index (κ2) is 6.08. The van der Waals surface area contributed by atoms with Crippen molar-refractivity contribution in [2.75, 3.05) is 5.32 Å². The second-order valence-electron chi connectivity index (χ2n) is 5.98. The number of anilines is 1. The number of hydrogen-bond acceptors (Lipinski definition) is 5. The van der Waals surface area contributed by atoms with Crippen LogP contribution >= 0.6 is 11.5 Å². The standard InChI is InChI=1S/C14H23N3O2S/c1-4-10-5-7-14(8-6-10,12(18)19)16-13-15-11(9(2)3)17-20-13/h9-10H,4-8H2,1-3H3,(H,18,19)(H,15,16,17). The van der Waals surface area contributed by atoms with Crippen molar-refractivity contribution < 1.29 is 9.90 Å². The number of rotatable bonds is 5. The van der Waals surface area contributed by atoms with Crippen LogP contribution < -0.4 is 5.32 Å². The Balaban J connectivity index is 2.11. The molecule has 0 aromatic carbocycles. The van der Waals surface area contributed by atoms with E-state index in [9.17, 15) is 9.90 Å². The summed E-state index contributed by atoms with van der Waals surface area (Å²) in [6.07, 6.45) is 4.39. The van der Waals surface area contributed by atoms with Crippen LogP contribution in [0.4, 0.5) is 5.13 Å². The fourth-order valence-electron chi connectivity index (χ4n) is 2.70. The van der Waals surface area contributed by atoms with Crippen molar-refractivity contribution in [2.24, 2.45) is 5.92 Å². The van der Waals surface area contributed by atoms with E-state index < -0.39 is 11.5 Å². The molecule has 2 rings (SSSR count). The number of hydrogen-bond donors (Lipinski definition) is 2. The van der Waals surface area contributed by atoms with Crippen LogP contribution in [0.5, 0.6) is 0 Å². The van der Waals surface area contributed by atoms with Gasteiger partial charge < -0.3 is 10.4 Å². The van der Waals surface area contributed by atoms with E-state index in [4.69, 9.17) is 0 Å². The van der Waals surface area contributed by atoms with Gasteiger partial charge in [-0.25, -0.2) is 9.78 Å². The Labute approximate surface area is 124 Å². The third-order valence-electron chi connectivity index (χ3n) is 4.25. The SMILES string of the molecule is CCC1CCC(Nc2nc(C(C)C)ns2)(C(=O)O)CC1. The van der Waals surface area contributed by atoms with Gasteiger partial charge in [-0.2, -0.15) is 4.37 Å². The van der Waals surface area contributed by atoms with E-state index in [0.29, 0.717) is 23.9 Å². The summed E-state index contributed by atoms with van der Waals surface area (Å²) in [4.78, 5) is 16.1. The molecule has 0 radical (unpaired) electrons. The Hall–Kier alpha value is -1.17. The van der Waals surface area contributed by atoms with Crippen molar-refractivity contribution >= 4 is 22.6 Å². The molecule has 0 spiro atoms. The summed E-state index contributed by atoms with van der Waals surface area (Å²) >= 11 is 1.26. The van der Waals surface area contributed by atoms with Crippen LogP contribution in [0.15, 0.2) is 0 Å². The largest absolute Gasteiger partial charge is 0.480 e. The van der Waals surface area contributed by atoms with E-state index in [1.807, 2.05) is 13.8 Å². The van der Waals surface area contributed by atoms with Gasteiger partial charge in [0.25, 0.3) is 0 Å². The van der Waals surface area contributed by atoms with Gasteiger partial charge in [-0.3, -0.25) is 0 Å². The summed E-state index contributed by atoms with van der Waals surface area (Å²) in [5, 5.41) is 13.4. The van der Waals surface area contributed by atoms with Gasteiger partial charge >= 0.3 is 5.97 Å². The van der Waals surface area contributed by atoms with Gasteiger partial charge in [-0.15, -0.1) is 0 Å². The van der Waals surface area contributed by atoms with Crippen LogP contribution in [-0.2, 0) is 4.79 Å². The van der Waals surface area contributed by atoms with E-state index >= 15 is 0 Å². The number of carboxylic acids is 1. The van der Waals surface area contributed by atoms with E-state index in [1.54, 1.807) is 0 Å². The summed E-state index contributed by atoms with van der Waals surface area (Å²) in [6, 6.07) is 0. The minimum Gasteiger partial charge on any atom is -0.480 e. The lowest BCUT2D eigenvalue weighted by atomic mass is 9.75. The van der Waals surface area contributed by atoms with Gasteiger partial charge in [0.05, 0.1) is 0 Å². The van der Waals surface area contributed by atoms with E-state index in [1.165, 1.54) is 11.5 Å². The minimum absolute atomic E-state index is 0.262. The molecule has 0 aliphatic heterocycles. The topological polar surface area (TPSA) is 75.1 Å². The highest BCUT2D eigenvalue weighted by Crippen LogP contribution is 2.36. The maximum absolute atomic E-state index is 11.7. The van der Waals surface area contributed by atoms with Crippen LogP contribution in [-0.4, -0.2) is 26.0 Å². The Morgan fingerprint density at radius 3 is 2.60 bits per heavy atom. The number of carbonyl (C=O) groups is 1. The van der Waals surface area contributed by atoms with Gasteiger partial charge in [0, 0.05) is 17.5 Å². The molecule has 20 heavy (non-hydrogen) atoms. The lowest BCUT2D eigenvalue weighted by Crippen LogP contribution is -2.49. The molecule has 2 N–H and O–H groups in total. The molecule has 1 aromatic rings. The zero-order valence-corrected chi connectivity index (χ0v) is 13.2. The summed E-state index contributed by atoms with van der Waals surface area (Å²) in [7, 11) is 0. The Morgan fingerprint density at radius 1 is 1.50 bits per heavy atom. The van der Waals surface area contributed by atoms with Gasteiger partial charge in [0.15, 0.2) is 0 Å². The van der Waals surface area contributed by atoms with Crippen LogP contribution in [0.3, 0.4) is 0 Å². The lowest BCUT2D eigenvalue weighted by molar-refractivity contribution is -0.143. The van der Waals surface area contributed by atoms with Gasteiger partial charge in [-0.1, -0.05) is 27.2 Å². The van der Waals surface area contributed by atoms with Crippen LogP contribution in [0, 0.1) is 5.92 Å². The highest BCUT2D eigenvalue weighted by molar-refractivity contribution is 7.09. The molecule has 0 amide bonds. The van der Waals surface area contributed by atoms with E-state index in [0.717, 1.165) is 25.1 Å². The Kier molecular flexibility index (Phi) is 4.62. The molecular formula is C14H23N3O2S. The summed E-state index contributed by atoms with van der Waals surface area (Å²) < 4.78 is 4.28. The molecule has 0 atom stereocenters. The van der Waals surface area contributed by atoms with Gasteiger partial charge in [0.1, 0.15) is 11.4 Å². The van der Waals surface area contributed by atoms with Gasteiger partial charge in [-0.05, 0) is 31.6 Å². The summed E-state index contributed by atoms with van der Waals surface area (Å²) in [5.74, 6) is 0.928. The number of carboxylic acid groups (broad SMARTS) is 1. The number of nitrogens with zero attached hydrogens (tertiary/aromatic N) is 2. The first kappa shape index (κ1) is 15.2. The van der Waals surface area contributed by atoms with Crippen molar-refractivity contribution in [3.63, 3.8) is 0 Å². The molecule has 1 saturated carbocycles. The summed E-state index contributed by atoms with van der Waals surface area (Å²) in [5.41, 5.74) is -0.862. The minimum atomic E-state index is -0.862. The van der Waals surface area contributed by atoms with Crippen molar-refractivity contribution in [1.82, 2.24) is 9.36 Å². The maximum Gasteiger partial charge on any atom is 0.329 e. The molecular weight excluding hydrogens is 274 g/mol. The van der Waals surface area contributed by atoms with Crippen molar-refractivity contribution in [3.05, 3.63) is 5.82 Å². The zero-order chi connectivity index (χ0) is 14.8. The van der Waals surface area contributed by atoms with Crippen molar-refractivity contribution in [2.45, 2.75) is 64.3 Å². The quantitative estimate of drug-likeness (QED) is 0.870.